The van der Waals surface area contributed by atoms with Crippen molar-refractivity contribution in [1.82, 2.24) is 15.2 Å². The highest BCUT2D eigenvalue weighted by Crippen LogP contribution is 2.28. The van der Waals surface area contributed by atoms with Gasteiger partial charge in [-0.1, -0.05) is 36.4 Å². The number of rotatable bonds is 8. The first-order valence-corrected chi connectivity index (χ1v) is 9.76. The quantitative estimate of drug-likeness (QED) is 0.385. The molecule has 1 heterocycles. The number of hydrogen-bond acceptors (Lipinski definition) is 7. The van der Waals surface area contributed by atoms with Crippen LogP contribution in [0.25, 0.3) is 6.08 Å². The molecule has 8 nitrogen and oxygen atoms in total. The van der Waals surface area contributed by atoms with E-state index in [0.29, 0.717) is 17.9 Å². The summed E-state index contributed by atoms with van der Waals surface area (Å²) < 4.78 is 11.3. The van der Waals surface area contributed by atoms with Crippen LogP contribution in [0.3, 0.4) is 0 Å². The average molecular weight is 470 g/mol. The Bertz CT molecular complexity index is 1110. The molecule has 0 unspecified atom stereocenters. The van der Waals surface area contributed by atoms with Gasteiger partial charge in [0.25, 0.3) is 5.56 Å². The molecule has 9 heteroatoms. The van der Waals surface area contributed by atoms with Crippen LogP contribution in [0.15, 0.2) is 62.9 Å². The van der Waals surface area contributed by atoms with Crippen molar-refractivity contribution in [2.24, 2.45) is 5.10 Å². The second-order valence-corrected chi connectivity index (χ2v) is 7.04. The third-order valence-corrected chi connectivity index (χ3v) is 4.48. The SMILES string of the molecule is COc1ccc(Cc2nnc(N/N=C\C(Br)=C\c3ccccc3)[nH]c2=O)cc1OC. The van der Waals surface area contributed by atoms with Crippen molar-refractivity contribution in [1.29, 1.82) is 0 Å². The van der Waals surface area contributed by atoms with Crippen LogP contribution in [-0.4, -0.2) is 35.6 Å². The topological polar surface area (TPSA) is 101 Å². The number of aromatic nitrogens is 3. The Balaban J connectivity index is 1.65. The molecule has 3 rings (SSSR count). The number of hydrazone groups is 1. The van der Waals surface area contributed by atoms with Crippen molar-refractivity contribution < 1.29 is 9.47 Å². The van der Waals surface area contributed by atoms with E-state index in [2.05, 4.69) is 41.6 Å². The zero-order chi connectivity index (χ0) is 21.3. The van der Waals surface area contributed by atoms with E-state index in [4.69, 9.17) is 9.47 Å². The minimum absolute atomic E-state index is 0.146. The highest BCUT2D eigenvalue weighted by atomic mass is 79.9. The third-order valence-electron chi connectivity index (χ3n) is 4.05. The lowest BCUT2D eigenvalue weighted by atomic mass is 10.1. The van der Waals surface area contributed by atoms with Crippen molar-refractivity contribution in [2.75, 3.05) is 19.6 Å². The molecule has 0 amide bonds. The van der Waals surface area contributed by atoms with Crippen LogP contribution in [-0.2, 0) is 6.42 Å². The second kappa shape index (κ2) is 10.4. The standard InChI is InChI=1S/C21H20BrN5O3/c1-29-18-9-8-15(12-19(18)30-2)11-17-20(28)24-21(27-25-17)26-23-13-16(22)10-14-6-4-3-5-7-14/h3-10,12-13H,11H2,1-2H3,(H2,24,26,27,28)/b16-10-,23-13-. The lowest BCUT2D eigenvalue weighted by Crippen LogP contribution is -2.18. The van der Waals surface area contributed by atoms with E-state index in [9.17, 15) is 4.79 Å². The Hall–Kier alpha value is -3.46. The summed E-state index contributed by atoms with van der Waals surface area (Å²) in [6, 6.07) is 15.2. The summed E-state index contributed by atoms with van der Waals surface area (Å²) in [6.45, 7) is 0. The highest BCUT2D eigenvalue weighted by Gasteiger charge is 2.09. The highest BCUT2D eigenvalue weighted by molar-refractivity contribution is 9.12. The van der Waals surface area contributed by atoms with Crippen molar-refractivity contribution >= 4 is 34.2 Å². The number of hydrogen-bond donors (Lipinski definition) is 2. The van der Waals surface area contributed by atoms with Crippen molar-refractivity contribution in [3.63, 3.8) is 0 Å². The average Bonchev–Trinajstić information content (AvgIpc) is 2.76. The number of halogens is 1. The second-order valence-electron chi connectivity index (χ2n) is 6.13. The van der Waals surface area contributed by atoms with Gasteiger partial charge in [0, 0.05) is 10.9 Å². The first kappa shape index (κ1) is 21.3. The van der Waals surface area contributed by atoms with E-state index in [-0.39, 0.29) is 17.2 Å². The first-order valence-electron chi connectivity index (χ1n) is 8.97. The smallest absolute Gasteiger partial charge is 0.274 e. The molecule has 0 atom stereocenters. The Morgan fingerprint density at radius 3 is 2.60 bits per heavy atom. The van der Waals surface area contributed by atoms with Gasteiger partial charge in [0.05, 0.1) is 20.4 Å². The van der Waals surface area contributed by atoms with E-state index < -0.39 is 0 Å². The number of ether oxygens (including phenoxy) is 2. The fraction of sp³-hybridized carbons (Fsp3) is 0.143. The van der Waals surface area contributed by atoms with Crippen molar-refractivity contribution in [3.05, 3.63) is 80.2 Å². The number of anilines is 1. The fourth-order valence-electron chi connectivity index (χ4n) is 2.61. The van der Waals surface area contributed by atoms with Crippen molar-refractivity contribution in [3.8, 4) is 11.5 Å². The number of aromatic amines is 1. The summed E-state index contributed by atoms with van der Waals surface area (Å²) in [5.74, 6) is 1.35. The van der Waals surface area contributed by atoms with E-state index in [1.165, 1.54) is 0 Å². The summed E-state index contributed by atoms with van der Waals surface area (Å²) >= 11 is 3.42. The number of H-pyrrole nitrogens is 1. The van der Waals surface area contributed by atoms with Gasteiger partial charge in [0.15, 0.2) is 11.5 Å². The summed E-state index contributed by atoms with van der Waals surface area (Å²) in [4.78, 5) is 15.0. The fourth-order valence-corrected chi connectivity index (χ4v) is 2.98. The van der Waals surface area contributed by atoms with Gasteiger partial charge in [-0.05, 0) is 45.3 Å². The van der Waals surface area contributed by atoms with Gasteiger partial charge in [-0.25, -0.2) is 5.43 Å². The van der Waals surface area contributed by atoms with Crippen LogP contribution in [0, 0.1) is 0 Å². The molecule has 3 aromatic rings. The molecule has 0 fully saturated rings. The maximum absolute atomic E-state index is 12.3. The lowest BCUT2D eigenvalue weighted by Gasteiger charge is -2.09. The lowest BCUT2D eigenvalue weighted by molar-refractivity contribution is 0.354. The monoisotopic (exact) mass is 469 g/mol. The molecule has 0 bridgehead atoms. The Morgan fingerprint density at radius 2 is 1.90 bits per heavy atom. The van der Waals surface area contributed by atoms with Crippen LogP contribution < -0.4 is 20.5 Å². The molecular weight excluding hydrogens is 450 g/mol. The van der Waals surface area contributed by atoms with Crippen LogP contribution in [0.4, 0.5) is 5.95 Å². The molecule has 2 N–H and O–H groups in total. The minimum atomic E-state index is -0.351. The summed E-state index contributed by atoms with van der Waals surface area (Å²) in [6.07, 6.45) is 3.77. The summed E-state index contributed by atoms with van der Waals surface area (Å²) in [5, 5.41) is 12.0. The van der Waals surface area contributed by atoms with Gasteiger partial charge in [-0.2, -0.15) is 5.10 Å². The maximum Gasteiger partial charge on any atom is 0.274 e. The van der Waals surface area contributed by atoms with E-state index in [1.807, 2.05) is 42.5 Å². The predicted octanol–water partition coefficient (Wildman–Crippen LogP) is 3.61. The third kappa shape index (κ3) is 5.77. The van der Waals surface area contributed by atoms with Crippen LogP contribution >= 0.6 is 15.9 Å². The van der Waals surface area contributed by atoms with Crippen LogP contribution in [0.5, 0.6) is 11.5 Å². The minimum Gasteiger partial charge on any atom is -0.493 e. The molecular formula is C21H20BrN5O3. The number of allylic oxidation sites excluding steroid dienone is 1. The Morgan fingerprint density at radius 1 is 1.13 bits per heavy atom. The maximum atomic E-state index is 12.3. The van der Waals surface area contributed by atoms with Gasteiger partial charge >= 0.3 is 0 Å². The predicted molar refractivity (Wildman–Crippen MR) is 120 cm³/mol. The molecule has 0 aliphatic heterocycles. The molecule has 0 spiro atoms. The molecule has 0 saturated heterocycles. The van der Waals surface area contributed by atoms with E-state index >= 15 is 0 Å². The van der Waals surface area contributed by atoms with E-state index in [1.54, 1.807) is 32.6 Å². The van der Waals surface area contributed by atoms with Gasteiger partial charge < -0.3 is 9.47 Å². The van der Waals surface area contributed by atoms with E-state index in [0.717, 1.165) is 15.6 Å². The molecule has 0 saturated carbocycles. The molecule has 0 aliphatic carbocycles. The zero-order valence-electron chi connectivity index (χ0n) is 16.4. The van der Waals surface area contributed by atoms with Crippen LogP contribution in [0.1, 0.15) is 16.8 Å². The van der Waals surface area contributed by atoms with Gasteiger partial charge in [0.1, 0.15) is 5.69 Å². The van der Waals surface area contributed by atoms with Gasteiger partial charge in [0.2, 0.25) is 5.95 Å². The molecule has 30 heavy (non-hydrogen) atoms. The number of methoxy groups -OCH3 is 2. The molecule has 154 valence electrons. The normalized spacial score (nSPS) is 11.5. The molecule has 0 aliphatic rings. The Labute approximate surface area is 181 Å². The van der Waals surface area contributed by atoms with Gasteiger partial charge in [-0.15, -0.1) is 10.2 Å². The van der Waals surface area contributed by atoms with Crippen LogP contribution in [0.2, 0.25) is 0 Å². The molecule has 2 aromatic carbocycles. The first-order chi connectivity index (χ1) is 14.6. The number of nitrogens with zero attached hydrogens (tertiary/aromatic N) is 3. The Kier molecular flexibility index (Phi) is 7.34. The van der Waals surface area contributed by atoms with Gasteiger partial charge in [-0.3, -0.25) is 9.78 Å². The molecule has 1 aromatic heterocycles. The summed E-state index contributed by atoms with van der Waals surface area (Å²) in [7, 11) is 3.13. The van der Waals surface area contributed by atoms with Crippen molar-refractivity contribution in [2.45, 2.75) is 6.42 Å². The number of nitrogens with one attached hydrogen (secondary N) is 2. The largest absolute Gasteiger partial charge is 0.493 e. The zero-order valence-corrected chi connectivity index (χ0v) is 18.0. The summed E-state index contributed by atoms with van der Waals surface area (Å²) in [5.41, 5.74) is 4.47. The molecule has 0 radical (unpaired) electrons. The number of benzene rings is 2.